The van der Waals surface area contributed by atoms with Crippen molar-refractivity contribution in [3.63, 3.8) is 0 Å². The van der Waals surface area contributed by atoms with Crippen molar-refractivity contribution in [2.45, 2.75) is 20.4 Å². The summed E-state index contributed by atoms with van der Waals surface area (Å²) in [5.74, 6) is -0.00939. The van der Waals surface area contributed by atoms with E-state index in [1.165, 1.54) is 0 Å². The molecule has 136 valence electrons. The molecule has 6 heteroatoms. The van der Waals surface area contributed by atoms with Crippen molar-refractivity contribution >= 4 is 28.2 Å². The number of aromatic nitrogens is 2. The molecule has 0 spiro atoms. The number of rotatable bonds is 5. The molecule has 27 heavy (non-hydrogen) atoms. The summed E-state index contributed by atoms with van der Waals surface area (Å²) in [6.07, 6.45) is 0. The van der Waals surface area contributed by atoms with Gasteiger partial charge < -0.3 is 9.42 Å². The van der Waals surface area contributed by atoms with Gasteiger partial charge in [-0.15, -0.1) is 11.3 Å². The van der Waals surface area contributed by atoms with Gasteiger partial charge in [-0.1, -0.05) is 35.5 Å². The second-order valence-electron chi connectivity index (χ2n) is 6.30. The molecular formula is C21H19N3O2S. The Hall–Kier alpha value is -2.99. The second kappa shape index (κ2) is 7.32. The van der Waals surface area contributed by atoms with Crippen LogP contribution in [-0.4, -0.2) is 27.5 Å². The Morgan fingerprint density at radius 3 is 2.70 bits per heavy atom. The zero-order valence-corrected chi connectivity index (χ0v) is 16.0. The lowest BCUT2D eigenvalue weighted by molar-refractivity contribution is 0.0753. The third-order valence-electron chi connectivity index (χ3n) is 4.46. The number of carbonyl (C=O) groups excluding carboxylic acids is 1. The van der Waals surface area contributed by atoms with Crippen LogP contribution in [0.1, 0.15) is 27.9 Å². The lowest BCUT2D eigenvalue weighted by Gasteiger charge is -2.21. The average molecular weight is 377 g/mol. The molecule has 2 heterocycles. The third-order valence-corrected chi connectivity index (χ3v) is 5.24. The Morgan fingerprint density at radius 2 is 2.00 bits per heavy atom. The number of amides is 1. The molecule has 0 saturated heterocycles. The molecule has 0 aliphatic carbocycles. The number of benzene rings is 2. The van der Waals surface area contributed by atoms with E-state index in [-0.39, 0.29) is 5.91 Å². The lowest BCUT2D eigenvalue weighted by atomic mass is 10.1. The predicted octanol–water partition coefficient (Wildman–Crippen LogP) is 4.92. The van der Waals surface area contributed by atoms with Crippen LogP contribution in [0.5, 0.6) is 0 Å². The number of hydrogen-bond donors (Lipinski definition) is 0. The highest BCUT2D eigenvalue weighted by molar-refractivity contribution is 7.09. The molecule has 0 N–H and O–H groups in total. The van der Waals surface area contributed by atoms with E-state index in [1.54, 1.807) is 23.5 Å². The van der Waals surface area contributed by atoms with Gasteiger partial charge in [0.1, 0.15) is 11.4 Å². The number of nitrogens with zero attached hydrogens (tertiary/aromatic N) is 3. The molecule has 0 aliphatic rings. The molecule has 0 bridgehead atoms. The first-order chi connectivity index (χ1) is 13.2. The van der Waals surface area contributed by atoms with Crippen LogP contribution in [0.2, 0.25) is 0 Å². The lowest BCUT2D eigenvalue weighted by Crippen LogP contribution is -2.30. The molecule has 0 radical (unpaired) electrons. The largest absolute Gasteiger partial charge is 0.356 e. The Balaban J connectivity index is 1.67. The number of aryl methyl sites for hydroxylation is 1. The zero-order valence-electron chi connectivity index (χ0n) is 15.2. The standard InChI is InChI=1S/C21H19N3O2S/c1-3-24(12-15-7-5-4-6-8-15)21(25)16-9-10-19-17(11-16)20(23-26-19)18-13-27-14(2)22-18/h4-11,13H,3,12H2,1-2H3. The van der Waals surface area contributed by atoms with Crippen LogP contribution in [0.25, 0.3) is 22.4 Å². The Morgan fingerprint density at radius 1 is 1.19 bits per heavy atom. The highest BCUT2D eigenvalue weighted by Crippen LogP contribution is 2.29. The molecule has 0 aliphatic heterocycles. The van der Waals surface area contributed by atoms with E-state index < -0.39 is 0 Å². The smallest absolute Gasteiger partial charge is 0.254 e. The molecule has 1 amide bonds. The summed E-state index contributed by atoms with van der Waals surface area (Å²) in [7, 11) is 0. The van der Waals surface area contributed by atoms with Crippen molar-refractivity contribution in [1.29, 1.82) is 0 Å². The summed E-state index contributed by atoms with van der Waals surface area (Å²) < 4.78 is 5.42. The first kappa shape index (κ1) is 17.4. The van der Waals surface area contributed by atoms with Gasteiger partial charge in [0.05, 0.1) is 10.4 Å². The highest BCUT2D eigenvalue weighted by Gasteiger charge is 2.19. The molecule has 2 aromatic carbocycles. The van der Waals surface area contributed by atoms with Crippen LogP contribution in [0.3, 0.4) is 0 Å². The van der Waals surface area contributed by atoms with Crippen molar-refractivity contribution in [1.82, 2.24) is 15.0 Å². The van der Waals surface area contributed by atoms with E-state index in [4.69, 9.17) is 4.52 Å². The van der Waals surface area contributed by atoms with Crippen molar-refractivity contribution in [2.75, 3.05) is 6.54 Å². The van der Waals surface area contributed by atoms with E-state index in [0.29, 0.717) is 29.9 Å². The molecule has 0 unspecified atom stereocenters. The van der Waals surface area contributed by atoms with Crippen LogP contribution in [0.15, 0.2) is 58.4 Å². The Bertz CT molecular complexity index is 1090. The summed E-state index contributed by atoms with van der Waals surface area (Å²) in [5, 5.41) is 7.88. The van der Waals surface area contributed by atoms with Gasteiger partial charge in [0.2, 0.25) is 0 Å². The SMILES string of the molecule is CCN(Cc1ccccc1)C(=O)c1ccc2onc(-c3csc(C)n3)c2c1. The fraction of sp³-hybridized carbons (Fsp3) is 0.190. The molecule has 0 fully saturated rings. The van der Waals surface area contributed by atoms with E-state index >= 15 is 0 Å². The maximum atomic E-state index is 13.1. The maximum Gasteiger partial charge on any atom is 0.254 e. The summed E-state index contributed by atoms with van der Waals surface area (Å²) in [6, 6.07) is 15.4. The molecule has 2 aromatic heterocycles. The monoisotopic (exact) mass is 377 g/mol. The van der Waals surface area contributed by atoms with Gasteiger partial charge in [-0.3, -0.25) is 4.79 Å². The minimum absolute atomic E-state index is 0.00939. The third kappa shape index (κ3) is 3.48. The fourth-order valence-electron chi connectivity index (χ4n) is 3.04. The highest BCUT2D eigenvalue weighted by atomic mass is 32.1. The quantitative estimate of drug-likeness (QED) is 0.495. The fourth-order valence-corrected chi connectivity index (χ4v) is 3.64. The average Bonchev–Trinajstić information content (AvgIpc) is 3.31. The van der Waals surface area contributed by atoms with Crippen molar-refractivity contribution in [2.24, 2.45) is 0 Å². The van der Waals surface area contributed by atoms with Gasteiger partial charge in [-0.25, -0.2) is 4.98 Å². The van der Waals surface area contributed by atoms with Crippen molar-refractivity contribution < 1.29 is 9.32 Å². The summed E-state index contributed by atoms with van der Waals surface area (Å²) >= 11 is 1.56. The molecule has 5 nitrogen and oxygen atoms in total. The van der Waals surface area contributed by atoms with Gasteiger partial charge in [0.25, 0.3) is 5.91 Å². The summed E-state index contributed by atoms with van der Waals surface area (Å²) in [4.78, 5) is 19.4. The van der Waals surface area contributed by atoms with Crippen LogP contribution < -0.4 is 0 Å². The van der Waals surface area contributed by atoms with E-state index in [9.17, 15) is 4.79 Å². The topological polar surface area (TPSA) is 59.2 Å². The molecular weight excluding hydrogens is 358 g/mol. The molecule has 0 saturated carbocycles. The number of hydrogen-bond acceptors (Lipinski definition) is 5. The minimum Gasteiger partial charge on any atom is -0.356 e. The first-order valence-corrected chi connectivity index (χ1v) is 9.69. The van der Waals surface area contributed by atoms with Crippen LogP contribution in [0.4, 0.5) is 0 Å². The van der Waals surface area contributed by atoms with E-state index in [0.717, 1.165) is 21.7 Å². The second-order valence-corrected chi connectivity index (χ2v) is 7.36. The summed E-state index contributed by atoms with van der Waals surface area (Å²) in [5.41, 5.74) is 3.83. The molecule has 4 aromatic rings. The van der Waals surface area contributed by atoms with Crippen LogP contribution in [-0.2, 0) is 6.54 Å². The Labute approximate surface area is 161 Å². The Kier molecular flexibility index (Phi) is 4.73. The summed E-state index contributed by atoms with van der Waals surface area (Å²) in [6.45, 7) is 5.15. The van der Waals surface area contributed by atoms with E-state index in [1.807, 2.05) is 60.5 Å². The normalized spacial score (nSPS) is 11.0. The van der Waals surface area contributed by atoms with E-state index in [2.05, 4.69) is 10.1 Å². The van der Waals surface area contributed by atoms with Crippen LogP contribution >= 0.6 is 11.3 Å². The van der Waals surface area contributed by atoms with Crippen molar-refractivity contribution in [3.8, 4) is 11.4 Å². The van der Waals surface area contributed by atoms with Gasteiger partial charge >= 0.3 is 0 Å². The van der Waals surface area contributed by atoms with Gasteiger partial charge in [0, 0.05) is 24.0 Å². The number of fused-ring (bicyclic) bond motifs is 1. The van der Waals surface area contributed by atoms with Gasteiger partial charge in [0.15, 0.2) is 5.58 Å². The zero-order chi connectivity index (χ0) is 18.8. The first-order valence-electron chi connectivity index (χ1n) is 8.81. The van der Waals surface area contributed by atoms with Gasteiger partial charge in [-0.2, -0.15) is 0 Å². The predicted molar refractivity (Wildman–Crippen MR) is 107 cm³/mol. The molecule has 0 atom stereocenters. The molecule has 4 rings (SSSR count). The minimum atomic E-state index is -0.00939. The van der Waals surface area contributed by atoms with Crippen LogP contribution in [0, 0.1) is 6.92 Å². The van der Waals surface area contributed by atoms with Crippen molar-refractivity contribution in [3.05, 3.63) is 70.0 Å². The number of thiazole rings is 1. The number of carbonyl (C=O) groups is 1. The van der Waals surface area contributed by atoms with Gasteiger partial charge in [-0.05, 0) is 37.6 Å². The maximum absolute atomic E-state index is 13.1.